The Bertz CT molecular complexity index is 553. The summed E-state index contributed by atoms with van der Waals surface area (Å²) in [7, 11) is -3.16. The summed E-state index contributed by atoms with van der Waals surface area (Å²) in [4.78, 5) is 0. The highest BCUT2D eigenvalue weighted by Crippen LogP contribution is 2.53. The lowest BCUT2D eigenvalue weighted by atomic mass is 10.0. The molecule has 0 spiro atoms. The molecule has 0 radical (unpaired) electrons. The van der Waals surface area contributed by atoms with Crippen LogP contribution in [-0.4, -0.2) is 31.5 Å². The SMILES string of the molecule is CCc1ccc([C@@H]2[C@H](S(=O)(=O)CC)[C@@]2(N)CN)cc1. The van der Waals surface area contributed by atoms with E-state index in [4.69, 9.17) is 11.5 Å². The Balaban J connectivity index is 2.34. The zero-order chi connectivity index (χ0) is 14.3. The number of rotatable bonds is 5. The van der Waals surface area contributed by atoms with Crippen molar-refractivity contribution < 1.29 is 8.42 Å². The van der Waals surface area contributed by atoms with Crippen LogP contribution >= 0.6 is 0 Å². The van der Waals surface area contributed by atoms with Crippen molar-refractivity contribution in [2.75, 3.05) is 12.3 Å². The van der Waals surface area contributed by atoms with Gasteiger partial charge in [-0.2, -0.15) is 0 Å². The summed E-state index contributed by atoms with van der Waals surface area (Å²) in [6.45, 7) is 3.93. The van der Waals surface area contributed by atoms with Crippen LogP contribution in [0.2, 0.25) is 0 Å². The molecule has 0 saturated heterocycles. The van der Waals surface area contributed by atoms with Crippen LogP contribution < -0.4 is 11.5 Å². The van der Waals surface area contributed by atoms with E-state index < -0.39 is 20.6 Å². The second-order valence-corrected chi connectivity index (χ2v) is 7.67. The zero-order valence-corrected chi connectivity index (χ0v) is 12.3. The minimum absolute atomic E-state index is 0.111. The molecule has 0 bridgehead atoms. The van der Waals surface area contributed by atoms with E-state index in [1.807, 2.05) is 24.3 Å². The van der Waals surface area contributed by atoms with Crippen molar-refractivity contribution in [2.24, 2.45) is 11.5 Å². The molecule has 0 heterocycles. The van der Waals surface area contributed by atoms with Crippen LogP contribution in [0.5, 0.6) is 0 Å². The van der Waals surface area contributed by atoms with Crippen molar-refractivity contribution in [3.05, 3.63) is 35.4 Å². The maximum Gasteiger partial charge on any atom is 0.155 e. The van der Waals surface area contributed by atoms with Crippen LogP contribution in [0.25, 0.3) is 0 Å². The summed E-state index contributed by atoms with van der Waals surface area (Å²) in [5.74, 6) is -0.0615. The second kappa shape index (κ2) is 4.89. The molecule has 1 aliphatic rings. The summed E-state index contributed by atoms with van der Waals surface area (Å²) in [5.41, 5.74) is 13.3. The predicted molar refractivity (Wildman–Crippen MR) is 77.8 cm³/mol. The van der Waals surface area contributed by atoms with Crippen molar-refractivity contribution in [1.82, 2.24) is 0 Å². The van der Waals surface area contributed by atoms with Gasteiger partial charge in [0.15, 0.2) is 9.84 Å². The van der Waals surface area contributed by atoms with Crippen LogP contribution in [0.1, 0.15) is 30.9 Å². The van der Waals surface area contributed by atoms with Crippen molar-refractivity contribution in [3.8, 4) is 0 Å². The number of sulfone groups is 1. The summed E-state index contributed by atoms with van der Waals surface area (Å²) in [6.07, 6.45) is 0.965. The molecular weight excluding hydrogens is 260 g/mol. The average molecular weight is 282 g/mol. The van der Waals surface area contributed by atoms with Crippen molar-refractivity contribution >= 4 is 9.84 Å². The molecule has 1 saturated carbocycles. The third kappa shape index (κ3) is 2.30. The molecule has 5 heteroatoms. The molecule has 19 heavy (non-hydrogen) atoms. The first-order valence-electron chi connectivity index (χ1n) is 6.70. The Kier molecular flexibility index (Phi) is 3.73. The maximum atomic E-state index is 12.1. The first-order chi connectivity index (χ1) is 8.90. The molecular formula is C14H22N2O2S. The summed E-state index contributed by atoms with van der Waals surface area (Å²) in [6, 6.07) is 8.01. The summed E-state index contributed by atoms with van der Waals surface area (Å²) >= 11 is 0. The molecule has 0 amide bonds. The smallest absolute Gasteiger partial charge is 0.155 e. The molecule has 0 aromatic heterocycles. The Hall–Kier alpha value is -0.910. The highest BCUT2D eigenvalue weighted by molar-refractivity contribution is 7.92. The zero-order valence-electron chi connectivity index (χ0n) is 11.5. The fourth-order valence-corrected chi connectivity index (χ4v) is 4.85. The van der Waals surface area contributed by atoms with E-state index in [1.54, 1.807) is 6.92 Å². The Morgan fingerprint density at radius 3 is 2.21 bits per heavy atom. The van der Waals surface area contributed by atoms with E-state index in [2.05, 4.69) is 6.92 Å². The fourth-order valence-electron chi connectivity index (χ4n) is 2.83. The van der Waals surface area contributed by atoms with Gasteiger partial charge >= 0.3 is 0 Å². The van der Waals surface area contributed by atoms with Crippen LogP contribution in [0, 0.1) is 0 Å². The van der Waals surface area contributed by atoms with Crippen molar-refractivity contribution in [1.29, 1.82) is 0 Å². The molecule has 3 atom stereocenters. The Morgan fingerprint density at radius 2 is 1.79 bits per heavy atom. The normalized spacial score (nSPS) is 30.3. The summed E-state index contributed by atoms with van der Waals surface area (Å²) < 4.78 is 24.2. The van der Waals surface area contributed by atoms with Gasteiger partial charge in [0.2, 0.25) is 0 Å². The lowest BCUT2D eigenvalue weighted by molar-refractivity contribution is 0.587. The van der Waals surface area contributed by atoms with Gasteiger partial charge in [0.1, 0.15) is 0 Å². The van der Waals surface area contributed by atoms with E-state index in [1.165, 1.54) is 5.56 Å². The fraction of sp³-hybridized carbons (Fsp3) is 0.571. The van der Waals surface area contributed by atoms with Gasteiger partial charge in [-0.3, -0.25) is 0 Å². The number of aryl methyl sites for hydroxylation is 1. The molecule has 1 aromatic carbocycles. The lowest BCUT2D eigenvalue weighted by Gasteiger charge is -2.08. The van der Waals surface area contributed by atoms with Gasteiger partial charge in [-0.1, -0.05) is 38.1 Å². The lowest BCUT2D eigenvalue weighted by Crippen LogP contribution is -2.39. The molecule has 4 nitrogen and oxygen atoms in total. The average Bonchev–Trinajstić information content (AvgIpc) is 3.07. The monoisotopic (exact) mass is 282 g/mol. The first-order valence-corrected chi connectivity index (χ1v) is 8.41. The molecule has 0 unspecified atom stereocenters. The molecule has 106 valence electrons. The van der Waals surface area contributed by atoms with E-state index in [9.17, 15) is 8.42 Å². The van der Waals surface area contributed by atoms with E-state index in [-0.39, 0.29) is 18.2 Å². The quantitative estimate of drug-likeness (QED) is 0.836. The van der Waals surface area contributed by atoms with Crippen LogP contribution in [0.3, 0.4) is 0 Å². The van der Waals surface area contributed by atoms with Gasteiger partial charge in [-0.05, 0) is 17.5 Å². The summed E-state index contributed by atoms with van der Waals surface area (Å²) in [5, 5.41) is -0.539. The molecule has 1 aliphatic carbocycles. The van der Waals surface area contributed by atoms with Crippen LogP contribution in [0.4, 0.5) is 0 Å². The van der Waals surface area contributed by atoms with E-state index in [0.717, 1.165) is 12.0 Å². The molecule has 1 fully saturated rings. The topological polar surface area (TPSA) is 86.2 Å². The van der Waals surface area contributed by atoms with Gasteiger partial charge in [0.05, 0.1) is 10.8 Å². The van der Waals surface area contributed by atoms with Gasteiger partial charge in [0, 0.05) is 18.2 Å². The number of hydrogen-bond acceptors (Lipinski definition) is 4. The Labute approximate surface area is 115 Å². The second-order valence-electron chi connectivity index (χ2n) is 5.26. The van der Waals surface area contributed by atoms with E-state index in [0.29, 0.717) is 0 Å². The number of benzene rings is 1. The van der Waals surface area contributed by atoms with E-state index >= 15 is 0 Å². The third-order valence-electron chi connectivity index (χ3n) is 4.19. The standard InChI is InChI=1S/C14H22N2O2S/c1-3-10-5-7-11(8-6-10)12-13(14(12,16)9-15)19(17,18)4-2/h5-8,12-13H,3-4,9,15-16H2,1-2H3/t12-,13+,14-/m1/s1. The number of hydrogen-bond donors (Lipinski definition) is 2. The van der Waals surface area contributed by atoms with Crippen LogP contribution in [-0.2, 0) is 16.3 Å². The van der Waals surface area contributed by atoms with Crippen LogP contribution in [0.15, 0.2) is 24.3 Å². The minimum atomic E-state index is -3.16. The van der Waals surface area contributed by atoms with Crippen molar-refractivity contribution in [2.45, 2.75) is 37.0 Å². The van der Waals surface area contributed by atoms with Crippen molar-refractivity contribution in [3.63, 3.8) is 0 Å². The minimum Gasteiger partial charge on any atom is -0.329 e. The highest BCUT2D eigenvalue weighted by atomic mass is 32.2. The first kappa shape index (κ1) is 14.5. The maximum absolute atomic E-state index is 12.1. The van der Waals surface area contributed by atoms with Gasteiger partial charge in [-0.15, -0.1) is 0 Å². The van der Waals surface area contributed by atoms with Gasteiger partial charge in [-0.25, -0.2) is 8.42 Å². The Morgan fingerprint density at radius 1 is 1.21 bits per heavy atom. The predicted octanol–water partition coefficient (Wildman–Crippen LogP) is 0.806. The highest BCUT2D eigenvalue weighted by Gasteiger charge is 2.67. The molecule has 0 aliphatic heterocycles. The van der Waals surface area contributed by atoms with Gasteiger partial charge < -0.3 is 11.5 Å². The number of nitrogens with two attached hydrogens (primary N) is 2. The largest absolute Gasteiger partial charge is 0.329 e. The third-order valence-corrected chi connectivity index (χ3v) is 6.48. The molecule has 1 aromatic rings. The van der Waals surface area contributed by atoms with Gasteiger partial charge in [0.25, 0.3) is 0 Å². The molecule has 2 rings (SSSR count). The molecule has 4 N–H and O–H groups in total.